The number of H-pyrrole nitrogens is 1. The van der Waals surface area contributed by atoms with Gasteiger partial charge in [0.05, 0.1) is 11.4 Å². The van der Waals surface area contributed by atoms with Gasteiger partial charge in [-0.2, -0.15) is 0 Å². The lowest BCUT2D eigenvalue weighted by molar-refractivity contribution is 0.195. The normalized spacial score (nSPS) is 12.3. The van der Waals surface area contributed by atoms with E-state index >= 15 is 0 Å². The Balaban J connectivity index is 1.10. The number of hydrogen-bond acceptors (Lipinski definition) is 6. The van der Waals surface area contributed by atoms with E-state index in [1.54, 1.807) is 0 Å². The van der Waals surface area contributed by atoms with Gasteiger partial charge in [0.15, 0.2) is 0 Å². The number of nitrogens with zero attached hydrogens (tertiary/aromatic N) is 3. The van der Waals surface area contributed by atoms with E-state index in [9.17, 15) is 0 Å². The highest BCUT2D eigenvalue weighted by molar-refractivity contribution is 5.85. The van der Waals surface area contributed by atoms with Gasteiger partial charge in [0.1, 0.15) is 0 Å². The minimum atomic E-state index is 0.370. The fraction of sp³-hybridized carbons (Fsp3) is 0.333. The number of aryl methyl sites for hydroxylation is 1. The maximum atomic E-state index is 4.44. The Labute approximate surface area is 256 Å². The zero-order valence-electron chi connectivity index (χ0n) is 25.5. The molecular formula is C36H45N7. The topological polar surface area (TPSA) is 80.9 Å². The quantitative estimate of drug-likeness (QED) is 0.112. The molecule has 7 heteroatoms. The van der Waals surface area contributed by atoms with E-state index < -0.39 is 0 Å². The molecule has 0 aliphatic rings. The monoisotopic (exact) mass is 575 g/mol. The van der Waals surface area contributed by atoms with Crippen molar-refractivity contribution in [1.82, 2.24) is 35.8 Å². The number of fused-ring (bicyclic) bond motifs is 1. The summed E-state index contributed by atoms with van der Waals surface area (Å²) >= 11 is 0. The van der Waals surface area contributed by atoms with Gasteiger partial charge in [0.25, 0.3) is 0 Å². The van der Waals surface area contributed by atoms with E-state index in [0.717, 1.165) is 70.2 Å². The van der Waals surface area contributed by atoms with Gasteiger partial charge < -0.3 is 20.9 Å². The first-order valence-electron chi connectivity index (χ1n) is 15.4. The van der Waals surface area contributed by atoms with Crippen LogP contribution in [0.1, 0.15) is 40.6 Å². The summed E-state index contributed by atoms with van der Waals surface area (Å²) in [6, 6.07) is 28.1. The molecule has 0 aliphatic carbocycles. The summed E-state index contributed by atoms with van der Waals surface area (Å²) in [5.74, 6) is 0. The van der Waals surface area contributed by atoms with Gasteiger partial charge in [-0.25, -0.2) is 0 Å². The largest absolute Gasteiger partial charge is 0.361 e. The first kappa shape index (κ1) is 30.6. The predicted molar refractivity (Wildman–Crippen MR) is 177 cm³/mol. The molecule has 224 valence electrons. The highest BCUT2D eigenvalue weighted by Gasteiger charge is 2.14. The van der Waals surface area contributed by atoms with Crippen LogP contribution in [0.25, 0.3) is 10.9 Å². The van der Waals surface area contributed by atoms with Crippen LogP contribution in [0.15, 0.2) is 97.5 Å². The first-order chi connectivity index (χ1) is 21.2. The van der Waals surface area contributed by atoms with E-state index in [2.05, 4.69) is 110 Å². The molecule has 4 N–H and O–H groups in total. The van der Waals surface area contributed by atoms with Crippen molar-refractivity contribution in [3.05, 3.63) is 131 Å². The number of pyridine rings is 2. The van der Waals surface area contributed by atoms with Crippen LogP contribution in [0.2, 0.25) is 0 Å². The Hall–Kier alpha value is -3.88. The molecule has 0 radical (unpaired) electrons. The van der Waals surface area contributed by atoms with Crippen LogP contribution in [0.4, 0.5) is 0 Å². The standard InChI is InChI=1S/C36H45N7/c1-28-8-7-11-35-32(24-42-36(28)35)16-19-37-23-30-12-14-31(15-13-30)27-43(21-20-38-25-33-9-3-5-17-40-33)29(2)22-39-26-34-10-4-6-18-41-34/h3-15,17-18,24,29,37-39,42H,16,19-23,25-27H2,1-2H3. The summed E-state index contributed by atoms with van der Waals surface area (Å²) in [7, 11) is 0. The highest BCUT2D eigenvalue weighted by Crippen LogP contribution is 2.21. The Morgan fingerprint density at radius 3 is 2.16 bits per heavy atom. The van der Waals surface area contributed by atoms with Crippen LogP contribution in [0.3, 0.4) is 0 Å². The molecule has 0 saturated heterocycles. The SMILES string of the molecule is Cc1cccc2c(CCNCc3ccc(CN(CCNCc4ccccn4)C(C)CNCc4ccccn4)cc3)c[nH]c12. The number of nitrogens with one attached hydrogen (secondary N) is 4. The van der Waals surface area contributed by atoms with Crippen LogP contribution < -0.4 is 16.0 Å². The van der Waals surface area contributed by atoms with Crippen LogP contribution in [0, 0.1) is 6.92 Å². The summed E-state index contributed by atoms with van der Waals surface area (Å²) < 4.78 is 0. The molecule has 1 unspecified atom stereocenters. The molecular weight excluding hydrogens is 530 g/mol. The summed E-state index contributed by atoms with van der Waals surface area (Å²) in [4.78, 5) is 14.9. The van der Waals surface area contributed by atoms with Crippen molar-refractivity contribution in [2.24, 2.45) is 0 Å². The molecule has 5 rings (SSSR count). The van der Waals surface area contributed by atoms with Gasteiger partial charge >= 0.3 is 0 Å². The maximum absolute atomic E-state index is 4.44. The van der Waals surface area contributed by atoms with Crippen LogP contribution in [-0.4, -0.2) is 52.1 Å². The van der Waals surface area contributed by atoms with E-state index in [-0.39, 0.29) is 0 Å². The second kappa shape index (κ2) is 16.1. The molecule has 1 atom stereocenters. The van der Waals surface area contributed by atoms with E-state index in [1.165, 1.54) is 33.2 Å². The average molecular weight is 576 g/mol. The number of aromatic nitrogens is 3. The molecule has 7 nitrogen and oxygen atoms in total. The Bertz CT molecular complexity index is 1500. The van der Waals surface area contributed by atoms with Crippen molar-refractivity contribution in [2.45, 2.75) is 52.5 Å². The third kappa shape index (κ3) is 9.30. The number of benzene rings is 2. The van der Waals surface area contributed by atoms with Crippen LogP contribution >= 0.6 is 0 Å². The number of aromatic amines is 1. The lowest BCUT2D eigenvalue weighted by atomic mass is 10.1. The van der Waals surface area contributed by atoms with E-state index in [0.29, 0.717) is 6.04 Å². The molecule has 0 saturated carbocycles. The fourth-order valence-corrected chi connectivity index (χ4v) is 5.46. The molecule has 0 bridgehead atoms. The number of para-hydroxylation sites is 1. The number of hydrogen-bond donors (Lipinski definition) is 4. The Kier molecular flexibility index (Phi) is 11.4. The van der Waals surface area contributed by atoms with Crippen molar-refractivity contribution >= 4 is 10.9 Å². The summed E-state index contributed by atoms with van der Waals surface area (Å²) in [5.41, 5.74) is 8.71. The minimum Gasteiger partial charge on any atom is -0.361 e. The van der Waals surface area contributed by atoms with Crippen molar-refractivity contribution < 1.29 is 0 Å². The summed E-state index contributed by atoms with van der Waals surface area (Å²) in [6.07, 6.45) is 6.87. The smallest absolute Gasteiger partial charge is 0.0541 e. The zero-order chi connectivity index (χ0) is 29.7. The van der Waals surface area contributed by atoms with E-state index in [1.807, 2.05) is 36.7 Å². The van der Waals surface area contributed by atoms with Gasteiger partial charge in [0.2, 0.25) is 0 Å². The van der Waals surface area contributed by atoms with Crippen molar-refractivity contribution in [3.63, 3.8) is 0 Å². The lowest BCUT2D eigenvalue weighted by Gasteiger charge is -2.30. The van der Waals surface area contributed by atoms with Gasteiger partial charge in [-0.15, -0.1) is 0 Å². The van der Waals surface area contributed by atoms with Gasteiger partial charge in [0, 0.05) is 81.3 Å². The van der Waals surface area contributed by atoms with Gasteiger partial charge in [-0.05, 0) is 73.3 Å². The molecule has 0 fully saturated rings. The van der Waals surface area contributed by atoms with Crippen LogP contribution in [-0.2, 0) is 32.6 Å². The van der Waals surface area contributed by atoms with Gasteiger partial charge in [-0.3, -0.25) is 14.9 Å². The zero-order valence-corrected chi connectivity index (χ0v) is 25.5. The molecule has 2 aromatic carbocycles. The Morgan fingerprint density at radius 1 is 0.744 bits per heavy atom. The van der Waals surface area contributed by atoms with Crippen LogP contribution in [0.5, 0.6) is 0 Å². The third-order valence-corrected chi connectivity index (χ3v) is 8.02. The summed E-state index contributed by atoms with van der Waals surface area (Å²) in [6.45, 7) is 11.5. The Morgan fingerprint density at radius 2 is 1.44 bits per heavy atom. The molecule has 0 spiro atoms. The molecule has 3 heterocycles. The predicted octanol–water partition coefficient (Wildman–Crippen LogP) is 5.37. The van der Waals surface area contributed by atoms with Gasteiger partial charge in [-0.1, -0.05) is 54.6 Å². The van der Waals surface area contributed by atoms with Crippen molar-refractivity contribution in [2.75, 3.05) is 26.2 Å². The second-order valence-electron chi connectivity index (χ2n) is 11.3. The molecule has 5 aromatic rings. The molecule has 43 heavy (non-hydrogen) atoms. The third-order valence-electron chi connectivity index (χ3n) is 8.02. The molecule has 0 amide bonds. The van der Waals surface area contributed by atoms with E-state index in [4.69, 9.17) is 0 Å². The number of rotatable bonds is 17. The lowest BCUT2D eigenvalue weighted by Crippen LogP contribution is -2.43. The fourth-order valence-electron chi connectivity index (χ4n) is 5.46. The molecule has 3 aromatic heterocycles. The highest BCUT2D eigenvalue weighted by atomic mass is 15.2. The second-order valence-corrected chi connectivity index (χ2v) is 11.3. The minimum absolute atomic E-state index is 0.370. The molecule has 0 aliphatic heterocycles. The van der Waals surface area contributed by atoms with Crippen molar-refractivity contribution in [3.8, 4) is 0 Å². The maximum Gasteiger partial charge on any atom is 0.0541 e. The van der Waals surface area contributed by atoms with Crippen molar-refractivity contribution in [1.29, 1.82) is 0 Å². The summed E-state index contributed by atoms with van der Waals surface area (Å²) in [5, 5.41) is 12.1. The average Bonchev–Trinajstić information content (AvgIpc) is 3.46. The first-order valence-corrected chi connectivity index (χ1v) is 15.4.